The lowest BCUT2D eigenvalue weighted by molar-refractivity contribution is -0.134. The predicted molar refractivity (Wildman–Crippen MR) is 50.0 cm³/mol. The largest absolute Gasteiger partial charge is 0.462 e. The molecule has 0 atom stereocenters. The van der Waals surface area contributed by atoms with Gasteiger partial charge in [-0.1, -0.05) is 0 Å². The summed E-state index contributed by atoms with van der Waals surface area (Å²) in [4.78, 5) is 10.5. The number of thiophene rings is 1. The highest BCUT2D eigenvalue weighted by Gasteiger charge is 2.36. The Bertz CT molecular complexity index is 368. The van der Waals surface area contributed by atoms with E-state index in [2.05, 4.69) is 4.74 Å². The number of carbonyl (C=O) groups excluding carboxylic acids is 1. The fourth-order valence-corrected chi connectivity index (χ4v) is 2.04. The SMILES string of the molecule is CCOC(=O)c1csc(C(F)(F)F)c1C. The van der Waals surface area contributed by atoms with Gasteiger partial charge in [-0.2, -0.15) is 13.2 Å². The highest BCUT2D eigenvalue weighted by Crippen LogP contribution is 2.37. The van der Waals surface area contributed by atoms with Gasteiger partial charge < -0.3 is 4.74 Å². The molecule has 0 radical (unpaired) electrons. The van der Waals surface area contributed by atoms with E-state index in [1.54, 1.807) is 6.92 Å². The van der Waals surface area contributed by atoms with Crippen molar-refractivity contribution in [2.75, 3.05) is 6.61 Å². The van der Waals surface area contributed by atoms with Gasteiger partial charge in [0.2, 0.25) is 0 Å². The van der Waals surface area contributed by atoms with E-state index in [1.165, 1.54) is 12.3 Å². The fraction of sp³-hybridized carbons (Fsp3) is 0.444. The lowest BCUT2D eigenvalue weighted by Gasteiger charge is -2.05. The first-order valence-electron chi connectivity index (χ1n) is 4.20. The zero-order chi connectivity index (χ0) is 11.6. The Morgan fingerprint density at radius 3 is 2.53 bits per heavy atom. The summed E-state index contributed by atoms with van der Waals surface area (Å²) in [5, 5.41) is 1.18. The zero-order valence-corrected chi connectivity index (χ0v) is 8.96. The maximum atomic E-state index is 12.4. The minimum absolute atomic E-state index is 0.00539. The van der Waals surface area contributed by atoms with Gasteiger partial charge in [0.1, 0.15) is 4.88 Å². The van der Waals surface area contributed by atoms with Gasteiger partial charge in [0.15, 0.2) is 0 Å². The number of rotatable bonds is 2. The summed E-state index contributed by atoms with van der Waals surface area (Å²) in [5.41, 5.74) is -0.0693. The van der Waals surface area contributed by atoms with Crippen LogP contribution in [0.5, 0.6) is 0 Å². The molecule has 1 aromatic heterocycles. The summed E-state index contributed by atoms with van der Waals surface area (Å²) in [7, 11) is 0. The van der Waals surface area contributed by atoms with Crippen molar-refractivity contribution < 1.29 is 22.7 Å². The van der Waals surface area contributed by atoms with E-state index in [1.807, 2.05) is 0 Å². The molecule has 1 rings (SSSR count). The third kappa shape index (κ3) is 2.50. The maximum Gasteiger partial charge on any atom is 0.425 e. The highest BCUT2D eigenvalue weighted by atomic mass is 32.1. The van der Waals surface area contributed by atoms with Crippen molar-refractivity contribution in [3.05, 3.63) is 21.4 Å². The first-order valence-corrected chi connectivity index (χ1v) is 5.08. The van der Waals surface area contributed by atoms with Crippen LogP contribution in [0.2, 0.25) is 0 Å². The van der Waals surface area contributed by atoms with E-state index in [9.17, 15) is 18.0 Å². The average Bonchev–Trinajstić information content (AvgIpc) is 2.46. The van der Waals surface area contributed by atoms with Gasteiger partial charge in [-0.05, 0) is 19.4 Å². The summed E-state index contributed by atoms with van der Waals surface area (Å²) < 4.78 is 41.7. The van der Waals surface area contributed by atoms with Crippen LogP contribution >= 0.6 is 11.3 Å². The lowest BCUT2D eigenvalue weighted by atomic mass is 10.2. The Morgan fingerprint density at radius 2 is 2.13 bits per heavy atom. The standard InChI is InChI=1S/C9H9F3O2S/c1-3-14-8(13)6-4-15-7(5(6)2)9(10,11)12/h4H,3H2,1-2H3. The van der Waals surface area contributed by atoms with Crippen molar-refractivity contribution in [3.8, 4) is 0 Å². The van der Waals surface area contributed by atoms with Gasteiger partial charge >= 0.3 is 12.1 Å². The van der Waals surface area contributed by atoms with Crippen LogP contribution in [0.3, 0.4) is 0 Å². The molecule has 1 aromatic rings. The minimum atomic E-state index is -4.40. The number of alkyl halides is 3. The normalized spacial score (nSPS) is 11.5. The van der Waals surface area contributed by atoms with Gasteiger partial charge in [0.05, 0.1) is 12.2 Å². The van der Waals surface area contributed by atoms with Crippen LogP contribution < -0.4 is 0 Å². The predicted octanol–water partition coefficient (Wildman–Crippen LogP) is 3.25. The molecule has 0 saturated heterocycles. The van der Waals surface area contributed by atoms with Crippen LogP contribution in [0, 0.1) is 6.92 Å². The van der Waals surface area contributed by atoms with E-state index in [4.69, 9.17) is 0 Å². The number of esters is 1. The molecule has 1 heterocycles. The van der Waals surface area contributed by atoms with Crippen molar-refractivity contribution in [1.29, 1.82) is 0 Å². The van der Waals surface area contributed by atoms with Crippen LogP contribution in [0.4, 0.5) is 13.2 Å². The van der Waals surface area contributed by atoms with Crippen molar-refractivity contribution in [1.82, 2.24) is 0 Å². The molecule has 0 amide bonds. The van der Waals surface area contributed by atoms with Crippen molar-refractivity contribution in [3.63, 3.8) is 0 Å². The number of ether oxygens (including phenoxy) is 1. The van der Waals surface area contributed by atoms with Gasteiger partial charge in [-0.25, -0.2) is 4.79 Å². The Hall–Kier alpha value is -1.04. The first-order chi connectivity index (χ1) is 6.88. The second kappa shape index (κ2) is 4.22. The quantitative estimate of drug-likeness (QED) is 0.739. The molecular formula is C9H9F3O2S. The summed E-state index contributed by atoms with van der Waals surface area (Å²) >= 11 is 0.511. The van der Waals surface area contributed by atoms with Crippen LogP contribution in [0.15, 0.2) is 5.38 Å². The Kier molecular flexibility index (Phi) is 3.38. The van der Waals surface area contributed by atoms with E-state index in [0.717, 1.165) is 0 Å². The van der Waals surface area contributed by atoms with Gasteiger partial charge in [-0.3, -0.25) is 0 Å². The second-order valence-electron chi connectivity index (χ2n) is 2.82. The zero-order valence-electron chi connectivity index (χ0n) is 8.14. The molecule has 0 aliphatic heterocycles. The van der Waals surface area contributed by atoms with E-state index < -0.39 is 17.0 Å². The molecular weight excluding hydrogens is 229 g/mol. The number of hydrogen-bond acceptors (Lipinski definition) is 3. The molecule has 0 fully saturated rings. The molecule has 2 nitrogen and oxygen atoms in total. The molecule has 0 aliphatic carbocycles. The Morgan fingerprint density at radius 1 is 1.53 bits per heavy atom. The van der Waals surface area contributed by atoms with Gasteiger partial charge in [0.25, 0.3) is 0 Å². The van der Waals surface area contributed by atoms with E-state index in [0.29, 0.717) is 11.3 Å². The van der Waals surface area contributed by atoms with Crippen molar-refractivity contribution >= 4 is 17.3 Å². The summed E-state index contributed by atoms with van der Waals surface area (Å²) in [6.07, 6.45) is -4.40. The molecule has 15 heavy (non-hydrogen) atoms. The number of carbonyl (C=O) groups is 1. The maximum absolute atomic E-state index is 12.4. The van der Waals surface area contributed by atoms with Gasteiger partial charge in [0, 0.05) is 5.38 Å². The van der Waals surface area contributed by atoms with E-state index >= 15 is 0 Å². The van der Waals surface area contributed by atoms with Crippen LogP contribution in [0.25, 0.3) is 0 Å². The van der Waals surface area contributed by atoms with Crippen LogP contribution in [-0.4, -0.2) is 12.6 Å². The average molecular weight is 238 g/mol. The van der Waals surface area contributed by atoms with Crippen molar-refractivity contribution in [2.24, 2.45) is 0 Å². The summed E-state index contributed by atoms with van der Waals surface area (Å²) in [6.45, 7) is 3.02. The molecule has 0 unspecified atom stereocenters. The smallest absolute Gasteiger partial charge is 0.425 e. The Balaban J connectivity index is 3.04. The lowest BCUT2D eigenvalue weighted by Crippen LogP contribution is -2.08. The molecule has 6 heteroatoms. The number of hydrogen-bond donors (Lipinski definition) is 0. The topological polar surface area (TPSA) is 26.3 Å². The minimum Gasteiger partial charge on any atom is -0.462 e. The van der Waals surface area contributed by atoms with Gasteiger partial charge in [-0.15, -0.1) is 11.3 Å². The summed E-state index contributed by atoms with van der Waals surface area (Å²) in [5.74, 6) is -0.707. The third-order valence-corrected chi connectivity index (χ3v) is 2.92. The third-order valence-electron chi connectivity index (χ3n) is 1.79. The fourth-order valence-electron chi connectivity index (χ4n) is 1.11. The van der Waals surface area contributed by atoms with E-state index in [-0.39, 0.29) is 17.7 Å². The molecule has 0 saturated carbocycles. The monoisotopic (exact) mass is 238 g/mol. The number of halogens is 3. The molecule has 0 aromatic carbocycles. The molecule has 0 N–H and O–H groups in total. The molecule has 84 valence electrons. The molecule has 0 spiro atoms. The Labute approximate surface area is 88.7 Å². The first kappa shape index (κ1) is 12.0. The van der Waals surface area contributed by atoms with Crippen LogP contribution in [0.1, 0.15) is 27.7 Å². The summed E-state index contributed by atoms with van der Waals surface area (Å²) in [6, 6.07) is 0. The molecule has 0 aliphatic rings. The highest BCUT2D eigenvalue weighted by molar-refractivity contribution is 7.10. The second-order valence-corrected chi connectivity index (χ2v) is 3.70. The van der Waals surface area contributed by atoms with Crippen molar-refractivity contribution in [2.45, 2.75) is 20.0 Å². The van der Waals surface area contributed by atoms with Crippen LogP contribution in [-0.2, 0) is 10.9 Å². The molecule has 0 bridgehead atoms.